The molecule has 7 nitrogen and oxygen atoms in total. The zero-order valence-electron chi connectivity index (χ0n) is 13.9. The second-order valence-electron chi connectivity index (χ2n) is 5.97. The summed E-state index contributed by atoms with van der Waals surface area (Å²) in [5, 5.41) is 13.2. The van der Waals surface area contributed by atoms with E-state index in [2.05, 4.69) is 10.1 Å². The van der Waals surface area contributed by atoms with E-state index in [-0.39, 0.29) is 17.4 Å². The summed E-state index contributed by atoms with van der Waals surface area (Å²) in [4.78, 5) is 29.4. The van der Waals surface area contributed by atoms with Crippen LogP contribution in [0.3, 0.4) is 0 Å². The van der Waals surface area contributed by atoms with Gasteiger partial charge in [-0.2, -0.15) is 0 Å². The quantitative estimate of drug-likeness (QED) is 0.913. The van der Waals surface area contributed by atoms with E-state index in [1.165, 1.54) is 10.7 Å². The minimum absolute atomic E-state index is 0.00822. The van der Waals surface area contributed by atoms with E-state index >= 15 is 0 Å². The monoisotopic (exact) mass is 346 g/mol. The van der Waals surface area contributed by atoms with Crippen LogP contribution >= 0.6 is 0 Å². The highest BCUT2D eigenvalue weighted by Crippen LogP contribution is 2.20. The average Bonchev–Trinajstić information content (AvgIpc) is 3.05. The molecule has 3 rings (SSSR count). The number of halogens is 1. The van der Waals surface area contributed by atoms with Crippen molar-refractivity contribution in [3.63, 3.8) is 0 Å². The molecule has 2 heterocycles. The van der Waals surface area contributed by atoms with Gasteiger partial charge in [-0.05, 0) is 25.0 Å². The van der Waals surface area contributed by atoms with Crippen LogP contribution in [0.4, 0.5) is 4.39 Å². The topological polar surface area (TPSA) is 88.3 Å². The third-order valence-corrected chi connectivity index (χ3v) is 4.39. The van der Waals surface area contributed by atoms with Crippen LogP contribution in [0.25, 0.3) is 5.69 Å². The summed E-state index contributed by atoms with van der Waals surface area (Å²) in [6.07, 6.45) is 1.32. The predicted molar refractivity (Wildman–Crippen MR) is 87.0 cm³/mol. The second-order valence-corrected chi connectivity index (χ2v) is 5.97. The number of likely N-dealkylation sites (tertiary alicyclic amines) is 1. The lowest BCUT2D eigenvalue weighted by molar-refractivity contribution is -0.143. The van der Waals surface area contributed by atoms with E-state index in [0.717, 1.165) is 0 Å². The van der Waals surface area contributed by atoms with Gasteiger partial charge in [-0.3, -0.25) is 9.59 Å². The van der Waals surface area contributed by atoms with Crippen LogP contribution in [0, 0.1) is 11.7 Å². The Bertz CT molecular complexity index is 797. The molecule has 1 aromatic heterocycles. The molecule has 8 heteroatoms. The molecule has 0 atom stereocenters. The minimum Gasteiger partial charge on any atom is -0.481 e. The van der Waals surface area contributed by atoms with Gasteiger partial charge in [0, 0.05) is 19.5 Å². The Hall–Kier alpha value is -2.77. The Balaban J connectivity index is 1.83. The average molecular weight is 346 g/mol. The first-order chi connectivity index (χ1) is 12.0. The molecule has 0 saturated carbocycles. The summed E-state index contributed by atoms with van der Waals surface area (Å²) < 4.78 is 15.4. The number of rotatable bonds is 4. The summed E-state index contributed by atoms with van der Waals surface area (Å²) in [7, 11) is 0. The maximum atomic E-state index is 14.0. The molecule has 1 fully saturated rings. The zero-order chi connectivity index (χ0) is 18.0. The zero-order valence-corrected chi connectivity index (χ0v) is 13.9. The van der Waals surface area contributed by atoms with Crippen LogP contribution in [0.15, 0.2) is 24.3 Å². The van der Waals surface area contributed by atoms with Crippen molar-refractivity contribution in [3.8, 4) is 5.69 Å². The molecule has 132 valence electrons. The molecule has 0 aliphatic carbocycles. The lowest BCUT2D eigenvalue weighted by Crippen LogP contribution is -2.40. The Morgan fingerprint density at radius 1 is 1.28 bits per heavy atom. The molecule has 25 heavy (non-hydrogen) atoms. The van der Waals surface area contributed by atoms with Crippen LogP contribution in [0.2, 0.25) is 0 Å². The highest BCUT2D eigenvalue weighted by molar-refractivity contribution is 5.90. The van der Waals surface area contributed by atoms with Crippen LogP contribution in [0.1, 0.15) is 36.2 Å². The van der Waals surface area contributed by atoms with Gasteiger partial charge in [0.05, 0.1) is 5.92 Å². The third-order valence-electron chi connectivity index (χ3n) is 4.39. The Morgan fingerprint density at radius 3 is 2.56 bits per heavy atom. The van der Waals surface area contributed by atoms with Gasteiger partial charge in [0.25, 0.3) is 5.91 Å². The summed E-state index contributed by atoms with van der Waals surface area (Å²) in [5.41, 5.74) is 0.246. The number of hydrogen-bond acceptors (Lipinski definition) is 4. The summed E-state index contributed by atoms with van der Waals surface area (Å²) in [6, 6.07) is 6.18. The molecule has 1 aliphatic heterocycles. The maximum Gasteiger partial charge on any atom is 0.306 e. The Morgan fingerprint density at radius 2 is 1.96 bits per heavy atom. The Labute approximate surface area is 144 Å². The molecular formula is C17H19FN4O3. The van der Waals surface area contributed by atoms with Crippen LogP contribution in [-0.2, 0) is 11.2 Å². The Kier molecular flexibility index (Phi) is 4.78. The number of benzene rings is 1. The minimum atomic E-state index is -0.831. The van der Waals surface area contributed by atoms with Gasteiger partial charge in [-0.15, -0.1) is 5.10 Å². The second kappa shape index (κ2) is 7.00. The summed E-state index contributed by atoms with van der Waals surface area (Å²) in [5.74, 6) is -1.54. The molecule has 1 amide bonds. The van der Waals surface area contributed by atoms with Crippen molar-refractivity contribution in [2.75, 3.05) is 13.1 Å². The normalized spacial score (nSPS) is 15.4. The van der Waals surface area contributed by atoms with E-state index in [4.69, 9.17) is 5.11 Å². The molecule has 0 radical (unpaired) electrons. The van der Waals surface area contributed by atoms with Crippen molar-refractivity contribution in [1.82, 2.24) is 19.7 Å². The number of carboxylic acid groups (broad SMARTS) is 1. The molecule has 1 aliphatic rings. The number of para-hydroxylation sites is 1. The predicted octanol–water partition coefficient (Wildman–Crippen LogP) is 1.91. The van der Waals surface area contributed by atoms with Crippen molar-refractivity contribution in [3.05, 3.63) is 41.7 Å². The first-order valence-electron chi connectivity index (χ1n) is 8.24. The largest absolute Gasteiger partial charge is 0.481 e. The van der Waals surface area contributed by atoms with Crippen molar-refractivity contribution in [2.24, 2.45) is 5.92 Å². The number of piperidine rings is 1. The molecular weight excluding hydrogens is 327 g/mol. The molecule has 1 N–H and O–H groups in total. The molecule has 1 saturated heterocycles. The third kappa shape index (κ3) is 3.38. The van der Waals surface area contributed by atoms with E-state index in [1.807, 2.05) is 6.92 Å². The highest BCUT2D eigenvalue weighted by Gasteiger charge is 2.29. The van der Waals surface area contributed by atoms with Crippen molar-refractivity contribution in [2.45, 2.75) is 26.2 Å². The van der Waals surface area contributed by atoms with Crippen LogP contribution < -0.4 is 0 Å². The molecule has 0 unspecified atom stereocenters. The van der Waals surface area contributed by atoms with Gasteiger partial charge in [0.2, 0.25) is 5.82 Å². The van der Waals surface area contributed by atoms with Crippen LogP contribution in [-0.4, -0.2) is 49.7 Å². The lowest BCUT2D eigenvalue weighted by Gasteiger charge is -2.29. The SMILES string of the molecule is CCc1nc(C(=O)N2CCC(C(=O)O)CC2)nn1-c1ccccc1F. The van der Waals surface area contributed by atoms with E-state index < -0.39 is 17.7 Å². The van der Waals surface area contributed by atoms with E-state index in [0.29, 0.717) is 38.2 Å². The number of aryl methyl sites for hydroxylation is 1. The van der Waals surface area contributed by atoms with Crippen molar-refractivity contribution < 1.29 is 19.1 Å². The van der Waals surface area contributed by atoms with Crippen molar-refractivity contribution >= 4 is 11.9 Å². The molecule has 1 aromatic carbocycles. The maximum absolute atomic E-state index is 14.0. The van der Waals surface area contributed by atoms with Gasteiger partial charge < -0.3 is 10.0 Å². The number of aliphatic carboxylic acids is 1. The first kappa shape index (κ1) is 17.1. The standard InChI is InChI=1S/C17H19FN4O3/c1-2-14-19-15(20-22(14)13-6-4-3-5-12(13)18)16(23)21-9-7-11(8-10-21)17(24)25/h3-6,11H,2,7-10H2,1H3,(H,24,25). The smallest absolute Gasteiger partial charge is 0.306 e. The fraction of sp³-hybridized carbons (Fsp3) is 0.412. The number of aromatic nitrogens is 3. The fourth-order valence-electron chi connectivity index (χ4n) is 2.95. The molecule has 0 spiro atoms. The van der Waals surface area contributed by atoms with Gasteiger partial charge >= 0.3 is 5.97 Å². The van der Waals surface area contributed by atoms with Gasteiger partial charge in [0.1, 0.15) is 17.3 Å². The fourth-order valence-corrected chi connectivity index (χ4v) is 2.95. The number of carbonyl (C=O) groups excluding carboxylic acids is 1. The molecule has 0 bridgehead atoms. The molecule has 2 aromatic rings. The summed E-state index contributed by atoms with van der Waals surface area (Å²) in [6.45, 7) is 2.56. The van der Waals surface area contributed by atoms with Gasteiger partial charge in [0.15, 0.2) is 0 Å². The van der Waals surface area contributed by atoms with Gasteiger partial charge in [-0.25, -0.2) is 14.1 Å². The van der Waals surface area contributed by atoms with Crippen LogP contribution in [0.5, 0.6) is 0 Å². The lowest BCUT2D eigenvalue weighted by atomic mass is 9.97. The van der Waals surface area contributed by atoms with E-state index in [9.17, 15) is 14.0 Å². The highest BCUT2D eigenvalue weighted by atomic mass is 19.1. The number of nitrogens with zero attached hydrogens (tertiary/aromatic N) is 4. The summed E-state index contributed by atoms with van der Waals surface area (Å²) >= 11 is 0. The first-order valence-corrected chi connectivity index (χ1v) is 8.24. The van der Waals surface area contributed by atoms with Crippen molar-refractivity contribution in [1.29, 1.82) is 0 Å². The number of carbonyl (C=O) groups is 2. The number of carboxylic acids is 1. The number of amides is 1. The van der Waals surface area contributed by atoms with Gasteiger partial charge in [-0.1, -0.05) is 19.1 Å². The van der Waals surface area contributed by atoms with E-state index in [1.54, 1.807) is 23.1 Å². The number of hydrogen-bond donors (Lipinski definition) is 1.